The van der Waals surface area contributed by atoms with Gasteiger partial charge in [0, 0.05) is 6.61 Å². The Bertz CT molecular complexity index is 146. The summed E-state index contributed by atoms with van der Waals surface area (Å²) < 4.78 is 0. The fourth-order valence-electron chi connectivity index (χ4n) is 2.10. The Morgan fingerprint density at radius 3 is 1.82 bits per heavy atom. The molecule has 0 aliphatic heterocycles. The van der Waals surface area contributed by atoms with E-state index in [0.29, 0.717) is 6.61 Å². The first kappa shape index (κ1) is 16.9. The fraction of sp³-hybridized carbons (Fsp3) is 1.00. The molecule has 0 rings (SSSR count). The molecule has 17 heavy (non-hydrogen) atoms. The fourth-order valence-corrected chi connectivity index (χ4v) is 2.10. The second-order valence-corrected chi connectivity index (χ2v) is 5.61. The average Bonchev–Trinajstić information content (AvgIpc) is 2.27. The molecule has 104 valence electrons. The lowest BCUT2D eigenvalue weighted by molar-refractivity contribution is 0.146. The molecule has 0 heterocycles. The summed E-state index contributed by atoms with van der Waals surface area (Å²) in [7, 11) is 0. The summed E-state index contributed by atoms with van der Waals surface area (Å²) in [4.78, 5) is 0. The van der Waals surface area contributed by atoms with Crippen LogP contribution in [0.5, 0.6) is 0 Å². The zero-order chi connectivity index (χ0) is 12.9. The molecule has 0 amide bonds. The third-order valence-electron chi connectivity index (χ3n) is 3.26. The van der Waals surface area contributed by atoms with Crippen molar-refractivity contribution in [1.29, 1.82) is 0 Å². The molecule has 0 bridgehead atoms. The van der Waals surface area contributed by atoms with Crippen molar-refractivity contribution in [3.8, 4) is 0 Å². The van der Waals surface area contributed by atoms with Crippen LogP contribution in [0, 0.1) is 5.92 Å². The second-order valence-electron chi connectivity index (χ2n) is 5.61. The number of hydrogen-bond acceptors (Lipinski definition) is 2. The third-order valence-corrected chi connectivity index (χ3v) is 3.26. The Balaban J connectivity index is 3.13. The molecule has 0 aliphatic carbocycles. The molecule has 0 saturated heterocycles. The first-order valence-electron chi connectivity index (χ1n) is 7.45. The molecule has 0 aromatic rings. The molecule has 0 aliphatic rings. The van der Waals surface area contributed by atoms with Crippen molar-refractivity contribution in [2.75, 3.05) is 6.61 Å². The van der Waals surface area contributed by atoms with E-state index in [1.807, 2.05) is 0 Å². The zero-order valence-electron chi connectivity index (χ0n) is 11.8. The Morgan fingerprint density at radius 2 is 1.24 bits per heavy atom. The van der Waals surface area contributed by atoms with Crippen molar-refractivity contribution in [2.45, 2.75) is 84.2 Å². The number of hydrogen-bond donors (Lipinski definition) is 2. The lowest BCUT2D eigenvalue weighted by Gasteiger charge is -2.11. The quantitative estimate of drug-likeness (QED) is 0.511. The molecule has 2 heteroatoms. The van der Waals surface area contributed by atoms with E-state index in [1.165, 1.54) is 25.7 Å². The molecule has 0 saturated carbocycles. The maximum atomic E-state index is 9.77. The maximum Gasteiger partial charge on any atom is 0.0540 e. The summed E-state index contributed by atoms with van der Waals surface area (Å²) in [5.74, 6) is 0.758. The van der Waals surface area contributed by atoms with Crippen molar-refractivity contribution in [3.63, 3.8) is 0 Å². The van der Waals surface area contributed by atoms with Gasteiger partial charge in [-0.05, 0) is 25.2 Å². The summed E-state index contributed by atoms with van der Waals surface area (Å²) in [5, 5.41) is 18.4. The minimum Gasteiger partial charge on any atom is -0.396 e. The summed E-state index contributed by atoms with van der Waals surface area (Å²) in [6.45, 7) is 4.80. The average molecular weight is 244 g/mol. The van der Waals surface area contributed by atoms with E-state index in [2.05, 4.69) is 13.8 Å². The highest BCUT2D eigenvalue weighted by Gasteiger charge is 2.04. The zero-order valence-corrected chi connectivity index (χ0v) is 11.8. The minimum atomic E-state index is -0.0776. The van der Waals surface area contributed by atoms with E-state index in [0.717, 1.165) is 44.4 Å². The van der Waals surface area contributed by atoms with E-state index in [9.17, 15) is 5.11 Å². The van der Waals surface area contributed by atoms with E-state index < -0.39 is 0 Å². The molecule has 0 spiro atoms. The van der Waals surface area contributed by atoms with Crippen LogP contribution < -0.4 is 0 Å². The van der Waals surface area contributed by atoms with Crippen molar-refractivity contribution in [3.05, 3.63) is 0 Å². The topological polar surface area (TPSA) is 40.5 Å². The highest BCUT2D eigenvalue weighted by Crippen LogP contribution is 2.14. The van der Waals surface area contributed by atoms with E-state index in [1.54, 1.807) is 0 Å². The van der Waals surface area contributed by atoms with Gasteiger partial charge in [-0.25, -0.2) is 0 Å². The molecule has 0 radical (unpaired) electrons. The molecule has 1 atom stereocenters. The Kier molecular flexibility index (Phi) is 12.3. The smallest absolute Gasteiger partial charge is 0.0540 e. The van der Waals surface area contributed by atoms with Gasteiger partial charge in [0.15, 0.2) is 0 Å². The van der Waals surface area contributed by atoms with Gasteiger partial charge < -0.3 is 10.2 Å². The number of unbranched alkanes of at least 4 members (excludes halogenated alkanes) is 5. The lowest BCUT2D eigenvalue weighted by atomic mass is 10.0. The Labute approximate surface area is 107 Å². The molecule has 0 fully saturated rings. The van der Waals surface area contributed by atoms with Crippen molar-refractivity contribution in [1.82, 2.24) is 0 Å². The molecule has 2 N–H and O–H groups in total. The second kappa shape index (κ2) is 12.4. The van der Waals surface area contributed by atoms with Gasteiger partial charge in [-0.3, -0.25) is 0 Å². The van der Waals surface area contributed by atoms with Gasteiger partial charge in [0.05, 0.1) is 6.10 Å². The predicted molar refractivity (Wildman–Crippen MR) is 74.1 cm³/mol. The van der Waals surface area contributed by atoms with Crippen LogP contribution in [0.2, 0.25) is 0 Å². The van der Waals surface area contributed by atoms with Gasteiger partial charge in [0.1, 0.15) is 0 Å². The molecule has 2 nitrogen and oxygen atoms in total. The van der Waals surface area contributed by atoms with E-state index in [4.69, 9.17) is 5.11 Å². The van der Waals surface area contributed by atoms with Gasteiger partial charge in [-0.1, -0.05) is 58.8 Å². The summed E-state index contributed by atoms with van der Waals surface area (Å²) in [5.41, 5.74) is 0. The molecule has 0 aromatic carbocycles. The summed E-state index contributed by atoms with van der Waals surface area (Å²) in [6, 6.07) is 0. The van der Waals surface area contributed by atoms with Crippen LogP contribution in [0.25, 0.3) is 0 Å². The van der Waals surface area contributed by atoms with Crippen LogP contribution in [0.15, 0.2) is 0 Å². The molecular weight excluding hydrogens is 212 g/mol. The van der Waals surface area contributed by atoms with Crippen LogP contribution in [0.1, 0.15) is 78.1 Å². The largest absolute Gasteiger partial charge is 0.396 e. The van der Waals surface area contributed by atoms with Crippen LogP contribution in [-0.4, -0.2) is 22.9 Å². The lowest BCUT2D eigenvalue weighted by Crippen LogP contribution is -2.06. The minimum absolute atomic E-state index is 0.0776. The first-order valence-corrected chi connectivity index (χ1v) is 7.45. The van der Waals surface area contributed by atoms with E-state index >= 15 is 0 Å². The summed E-state index contributed by atoms with van der Waals surface area (Å²) in [6.07, 6.45) is 11.2. The predicted octanol–water partition coefficient (Wildman–Crippen LogP) is 3.90. The molecule has 0 aromatic heterocycles. The normalized spacial score (nSPS) is 13.2. The van der Waals surface area contributed by atoms with Crippen molar-refractivity contribution in [2.24, 2.45) is 5.92 Å². The highest BCUT2D eigenvalue weighted by molar-refractivity contribution is 4.58. The van der Waals surface area contributed by atoms with Crippen LogP contribution in [0.4, 0.5) is 0 Å². The SMILES string of the molecule is CC(C)CCCC(O)CCCCCCCCO. The van der Waals surface area contributed by atoms with Gasteiger partial charge in [-0.2, -0.15) is 0 Å². The monoisotopic (exact) mass is 244 g/mol. The molecular formula is C15H32O2. The van der Waals surface area contributed by atoms with Gasteiger partial charge >= 0.3 is 0 Å². The number of aliphatic hydroxyl groups excluding tert-OH is 2. The first-order chi connectivity index (χ1) is 8.16. The van der Waals surface area contributed by atoms with Crippen LogP contribution in [0.3, 0.4) is 0 Å². The summed E-state index contributed by atoms with van der Waals surface area (Å²) >= 11 is 0. The van der Waals surface area contributed by atoms with Gasteiger partial charge in [0.25, 0.3) is 0 Å². The van der Waals surface area contributed by atoms with Crippen LogP contribution >= 0.6 is 0 Å². The van der Waals surface area contributed by atoms with E-state index in [-0.39, 0.29) is 6.10 Å². The standard InChI is InChI=1S/C15H32O2/c1-14(2)10-9-12-15(17)11-7-5-3-4-6-8-13-16/h14-17H,3-13H2,1-2H3. The number of aliphatic hydroxyl groups is 2. The number of rotatable bonds is 12. The Morgan fingerprint density at radius 1 is 0.706 bits per heavy atom. The third kappa shape index (κ3) is 13.9. The van der Waals surface area contributed by atoms with Crippen molar-refractivity contribution >= 4 is 0 Å². The van der Waals surface area contributed by atoms with Gasteiger partial charge in [-0.15, -0.1) is 0 Å². The van der Waals surface area contributed by atoms with Gasteiger partial charge in [0.2, 0.25) is 0 Å². The molecule has 1 unspecified atom stereocenters. The van der Waals surface area contributed by atoms with Crippen molar-refractivity contribution < 1.29 is 10.2 Å². The Hall–Kier alpha value is -0.0800. The van der Waals surface area contributed by atoms with Crippen LogP contribution in [-0.2, 0) is 0 Å². The highest BCUT2D eigenvalue weighted by atomic mass is 16.3. The maximum absolute atomic E-state index is 9.77.